The fourth-order valence-corrected chi connectivity index (χ4v) is 0.905. The zero-order valence-corrected chi connectivity index (χ0v) is 9.58. The number of anilines is 1. The molecule has 15 heavy (non-hydrogen) atoms. The van der Waals surface area contributed by atoms with E-state index < -0.39 is 5.91 Å². The summed E-state index contributed by atoms with van der Waals surface area (Å²) in [6.45, 7) is 6.20. The number of hydrogen-bond donors (Lipinski definition) is 2. The molecule has 4 N–H and O–H groups in total. The summed E-state index contributed by atoms with van der Waals surface area (Å²) in [4.78, 5) is 14.8. The van der Waals surface area contributed by atoms with E-state index >= 15 is 0 Å². The molecular formula is C11H19N3O. The zero-order valence-electron chi connectivity index (χ0n) is 9.58. The highest BCUT2D eigenvalue weighted by Crippen LogP contribution is 2.09. The average Bonchev–Trinajstić information content (AvgIpc) is 2.19. The molecule has 0 spiro atoms. The van der Waals surface area contributed by atoms with Crippen molar-refractivity contribution in [2.75, 3.05) is 5.73 Å². The Bertz CT molecular complexity index is 324. The first-order valence-electron chi connectivity index (χ1n) is 5.11. The zero-order chi connectivity index (χ0) is 11.8. The average molecular weight is 209 g/mol. The monoisotopic (exact) mass is 209 g/mol. The molecule has 0 aromatic carbocycles. The molecule has 0 saturated heterocycles. The van der Waals surface area contributed by atoms with Gasteiger partial charge in [-0.3, -0.25) is 4.79 Å². The number of nitrogens with zero attached hydrogens (tertiary/aromatic N) is 1. The largest absolute Gasteiger partial charge is 0.397 e. The van der Waals surface area contributed by atoms with Gasteiger partial charge in [-0.05, 0) is 18.6 Å². The van der Waals surface area contributed by atoms with Crippen LogP contribution in [0.25, 0.3) is 0 Å². The molecule has 0 atom stereocenters. The molecule has 1 aromatic rings. The van der Waals surface area contributed by atoms with Gasteiger partial charge < -0.3 is 11.5 Å². The summed E-state index contributed by atoms with van der Waals surface area (Å²) in [6, 6.07) is 3.42. The molecule has 4 heteroatoms. The van der Waals surface area contributed by atoms with E-state index in [1.165, 1.54) is 6.42 Å². The minimum atomic E-state index is -0.581. The van der Waals surface area contributed by atoms with Crippen LogP contribution in [-0.4, -0.2) is 10.9 Å². The number of rotatable bonds is 2. The van der Waals surface area contributed by atoms with Gasteiger partial charge in [0.25, 0.3) is 5.91 Å². The third-order valence-electron chi connectivity index (χ3n) is 1.58. The molecule has 84 valence electrons. The molecule has 0 aliphatic carbocycles. The number of carbonyl (C=O) groups is 1. The van der Waals surface area contributed by atoms with E-state index in [4.69, 9.17) is 11.5 Å². The van der Waals surface area contributed by atoms with Crippen molar-refractivity contribution in [1.29, 1.82) is 0 Å². The van der Waals surface area contributed by atoms with Crippen molar-refractivity contribution in [3.05, 3.63) is 23.5 Å². The van der Waals surface area contributed by atoms with Gasteiger partial charge in [0, 0.05) is 5.69 Å². The molecule has 1 aromatic heterocycles. The summed E-state index contributed by atoms with van der Waals surface area (Å²) in [5.41, 5.74) is 11.9. The van der Waals surface area contributed by atoms with Crippen LogP contribution in [-0.2, 0) is 6.42 Å². The number of amides is 1. The third kappa shape index (κ3) is 4.44. The first kappa shape index (κ1) is 13.4. The van der Waals surface area contributed by atoms with Crippen LogP contribution < -0.4 is 11.5 Å². The standard InChI is InChI=1S/C8H11N3O.C3H8/c1-2-5-3-4-6(9)7(11-5)8(10)12;1-3-2/h3-4H,2,9H2,1H3,(H2,10,12);3H2,1-2H3. The Hall–Kier alpha value is -1.58. The van der Waals surface area contributed by atoms with Crippen molar-refractivity contribution in [2.45, 2.75) is 33.6 Å². The van der Waals surface area contributed by atoms with Gasteiger partial charge in [0.05, 0.1) is 5.69 Å². The Morgan fingerprint density at radius 3 is 2.27 bits per heavy atom. The summed E-state index contributed by atoms with van der Waals surface area (Å²) < 4.78 is 0. The van der Waals surface area contributed by atoms with Crippen LogP contribution in [0.15, 0.2) is 12.1 Å². The summed E-state index contributed by atoms with van der Waals surface area (Å²) in [5.74, 6) is -0.581. The summed E-state index contributed by atoms with van der Waals surface area (Å²) in [5, 5.41) is 0. The molecule has 0 saturated carbocycles. The maximum Gasteiger partial charge on any atom is 0.269 e. The Balaban J connectivity index is 0.000000583. The smallest absolute Gasteiger partial charge is 0.269 e. The predicted octanol–water partition coefficient (Wildman–Crippen LogP) is 1.74. The number of hydrogen-bond acceptors (Lipinski definition) is 3. The Morgan fingerprint density at radius 1 is 1.33 bits per heavy atom. The third-order valence-corrected chi connectivity index (χ3v) is 1.58. The molecular weight excluding hydrogens is 190 g/mol. The SMILES string of the molecule is CCC.CCc1ccc(N)c(C(N)=O)n1. The number of primary amides is 1. The minimum absolute atomic E-state index is 0.161. The van der Waals surface area contributed by atoms with E-state index in [9.17, 15) is 4.79 Å². The van der Waals surface area contributed by atoms with Crippen LogP contribution in [0.1, 0.15) is 43.4 Å². The maximum absolute atomic E-state index is 10.8. The lowest BCUT2D eigenvalue weighted by atomic mass is 10.2. The number of aryl methyl sites for hydroxylation is 1. The lowest BCUT2D eigenvalue weighted by molar-refractivity contribution is 0.0996. The van der Waals surface area contributed by atoms with Crippen molar-refractivity contribution in [3.8, 4) is 0 Å². The molecule has 0 bridgehead atoms. The number of aromatic nitrogens is 1. The summed E-state index contributed by atoms with van der Waals surface area (Å²) >= 11 is 0. The van der Waals surface area contributed by atoms with Gasteiger partial charge in [0.15, 0.2) is 5.69 Å². The number of pyridine rings is 1. The second-order valence-electron chi connectivity index (χ2n) is 3.17. The summed E-state index contributed by atoms with van der Waals surface area (Å²) in [6.07, 6.45) is 2.01. The predicted molar refractivity (Wildman–Crippen MR) is 62.5 cm³/mol. The molecule has 1 amide bonds. The molecule has 0 radical (unpaired) electrons. The van der Waals surface area contributed by atoms with Crippen molar-refractivity contribution in [2.24, 2.45) is 5.73 Å². The minimum Gasteiger partial charge on any atom is -0.397 e. The Kier molecular flexibility index (Phi) is 6.09. The fourth-order valence-electron chi connectivity index (χ4n) is 0.905. The molecule has 1 heterocycles. The van der Waals surface area contributed by atoms with E-state index in [2.05, 4.69) is 18.8 Å². The highest BCUT2D eigenvalue weighted by atomic mass is 16.1. The second kappa shape index (κ2) is 6.81. The highest BCUT2D eigenvalue weighted by Gasteiger charge is 2.07. The van der Waals surface area contributed by atoms with E-state index in [1.807, 2.05) is 6.92 Å². The molecule has 0 fully saturated rings. The molecule has 4 nitrogen and oxygen atoms in total. The van der Waals surface area contributed by atoms with E-state index in [1.54, 1.807) is 12.1 Å². The van der Waals surface area contributed by atoms with Gasteiger partial charge in [-0.25, -0.2) is 4.98 Å². The van der Waals surface area contributed by atoms with Crippen molar-refractivity contribution < 1.29 is 4.79 Å². The molecule has 0 unspecified atom stereocenters. The van der Waals surface area contributed by atoms with Crippen LogP contribution in [0.3, 0.4) is 0 Å². The van der Waals surface area contributed by atoms with Gasteiger partial charge in [0.1, 0.15) is 0 Å². The number of carbonyl (C=O) groups excluding carboxylic acids is 1. The van der Waals surface area contributed by atoms with E-state index in [0.717, 1.165) is 12.1 Å². The van der Waals surface area contributed by atoms with Crippen molar-refractivity contribution in [3.63, 3.8) is 0 Å². The van der Waals surface area contributed by atoms with Crippen LogP contribution in [0, 0.1) is 0 Å². The van der Waals surface area contributed by atoms with Crippen molar-refractivity contribution in [1.82, 2.24) is 4.98 Å². The topological polar surface area (TPSA) is 82.0 Å². The highest BCUT2D eigenvalue weighted by molar-refractivity contribution is 5.95. The van der Waals surface area contributed by atoms with Crippen molar-refractivity contribution >= 4 is 11.6 Å². The Labute approximate surface area is 90.7 Å². The molecule has 0 aliphatic rings. The van der Waals surface area contributed by atoms with Crippen LogP contribution in [0.4, 0.5) is 5.69 Å². The number of nitrogen functional groups attached to an aromatic ring is 1. The van der Waals surface area contributed by atoms with Gasteiger partial charge >= 0.3 is 0 Å². The normalized spacial score (nSPS) is 9.00. The van der Waals surface area contributed by atoms with E-state index in [-0.39, 0.29) is 5.69 Å². The second-order valence-corrected chi connectivity index (χ2v) is 3.17. The van der Waals surface area contributed by atoms with Gasteiger partial charge in [-0.2, -0.15) is 0 Å². The lowest BCUT2D eigenvalue weighted by Crippen LogP contribution is -2.16. The van der Waals surface area contributed by atoms with Crippen LogP contribution in [0.2, 0.25) is 0 Å². The van der Waals surface area contributed by atoms with E-state index in [0.29, 0.717) is 5.69 Å². The first-order chi connectivity index (χ1) is 7.06. The number of nitrogens with two attached hydrogens (primary N) is 2. The molecule has 0 aliphatic heterocycles. The lowest BCUT2D eigenvalue weighted by Gasteiger charge is -2.02. The quantitative estimate of drug-likeness (QED) is 0.778. The van der Waals surface area contributed by atoms with Gasteiger partial charge in [0.2, 0.25) is 0 Å². The van der Waals surface area contributed by atoms with Crippen LogP contribution in [0.5, 0.6) is 0 Å². The van der Waals surface area contributed by atoms with Crippen LogP contribution >= 0.6 is 0 Å². The fraction of sp³-hybridized carbons (Fsp3) is 0.455. The Morgan fingerprint density at radius 2 is 1.87 bits per heavy atom. The molecule has 1 rings (SSSR count). The maximum atomic E-state index is 10.8. The summed E-state index contributed by atoms with van der Waals surface area (Å²) in [7, 11) is 0. The van der Waals surface area contributed by atoms with Gasteiger partial charge in [-0.15, -0.1) is 0 Å². The first-order valence-corrected chi connectivity index (χ1v) is 5.11. The van der Waals surface area contributed by atoms with Gasteiger partial charge in [-0.1, -0.05) is 27.2 Å².